The molecule has 0 aromatic carbocycles. The molecule has 2 heterocycles. The number of carbonyl (C=O) groups excluding carboxylic acids is 1. The smallest absolute Gasteiger partial charge is 0.368 e. The average Bonchev–Trinajstić information content (AvgIpc) is 2.64. The Balaban J connectivity index is 2.45. The van der Waals surface area contributed by atoms with Gasteiger partial charge in [-0.3, -0.25) is 4.79 Å². The lowest BCUT2D eigenvalue weighted by molar-refractivity contribution is -0.137. The third-order valence-corrected chi connectivity index (χ3v) is 3.61. The molecule has 4 nitrogen and oxygen atoms in total. The van der Waals surface area contributed by atoms with Crippen molar-refractivity contribution in [3.05, 3.63) is 23.4 Å². The second-order valence-electron chi connectivity index (χ2n) is 6.27. The van der Waals surface area contributed by atoms with Crippen LogP contribution in [0.15, 0.2) is 12.1 Å². The Bertz CT molecular complexity index is 569. The van der Waals surface area contributed by atoms with Gasteiger partial charge in [-0.1, -0.05) is 13.8 Å². The number of hydrogen-bond donors (Lipinski definition) is 1. The first-order valence-electron chi connectivity index (χ1n) is 6.61. The first-order valence-corrected chi connectivity index (χ1v) is 6.61. The molecule has 7 heteroatoms. The van der Waals surface area contributed by atoms with Crippen LogP contribution in [0.25, 0.3) is 0 Å². The molecule has 1 aliphatic rings. The van der Waals surface area contributed by atoms with Crippen molar-refractivity contribution in [1.29, 1.82) is 0 Å². The minimum Gasteiger partial charge on any atom is -0.368 e. The third-order valence-electron chi connectivity index (χ3n) is 3.61. The number of nitrogens with zero attached hydrogens (tertiary/aromatic N) is 2. The molecular weight excluding hydrogens is 283 g/mol. The van der Waals surface area contributed by atoms with Crippen molar-refractivity contribution in [2.24, 2.45) is 11.1 Å². The van der Waals surface area contributed by atoms with Crippen LogP contribution in [0.1, 0.15) is 31.5 Å². The van der Waals surface area contributed by atoms with E-state index in [0.29, 0.717) is 13.0 Å². The van der Waals surface area contributed by atoms with Crippen molar-refractivity contribution >= 4 is 11.7 Å². The van der Waals surface area contributed by atoms with Crippen molar-refractivity contribution in [1.82, 2.24) is 4.98 Å². The Morgan fingerprint density at radius 2 is 2.05 bits per heavy atom. The van der Waals surface area contributed by atoms with Gasteiger partial charge in [-0.25, -0.2) is 4.98 Å². The molecule has 1 aromatic rings. The molecule has 1 fully saturated rings. The number of nitrogens with two attached hydrogens (primary N) is 1. The van der Waals surface area contributed by atoms with Gasteiger partial charge >= 0.3 is 6.18 Å². The van der Waals surface area contributed by atoms with Gasteiger partial charge in [0.1, 0.15) is 11.9 Å². The van der Waals surface area contributed by atoms with Crippen LogP contribution in [0.4, 0.5) is 19.0 Å². The van der Waals surface area contributed by atoms with Crippen LogP contribution < -0.4 is 10.6 Å². The normalized spacial score (nSPS) is 21.6. The van der Waals surface area contributed by atoms with E-state index >= 15 is 0 Å². The maximum absolute atomic E-state index is 12.9. The van der Waals surface area contributed by atoms with E-state index in [-0.39, 0.29) is 16.9 Å². The predicted octanol–water partition coefficient (Wildman–Crippen LogP) is 2.50. The van der Waals surface area contributed by atoms with E-state index in [0.717, 1.165) is 12.1 Å². The third kappa shape index (κ3) is 3.28. The maximum atomic E-state index is 12.9. The van der Waals surface area contributed by atoms with Crippen LogP contribution in [-0.2, 0) is 11.0 Å². The van der Waals surface area contributed by atoms with Crippen LogP contribution in [0, 0.1) is 12.3 Å². The molecule has 0 aliphatic carbocycles. The lowest BCUT2D eigenvalue weighted by Gasteiger charge is -2.25. The highest BCUT2D eigenvalue weighted by Crippen LogP contribution is 2.38. The van der Waals surface area contributed by atoms with Crippen molar-refractivity contribution in [3.8, 4) is 0 Å². The summed E-state index contributed by atoms with van der Waals surface area (Å²) in [6.07, 6.45) is -3.95. The Morgan fingerprint density at radius 1 is 1.43 bits per heavy atom. The number of primary amides is 1. The van der Waals surface area contributed by atoms with Crippen molar-refractivity contribution in [3.63, 3.8) is 0 Å². The maximum Gasteiger partial charge on any atom is 0.416 e. The molecule has 21 heavy (non-hydrogen) atoms. The summed E-state index contributed by atoms with van der Waals surface area (Å²) in [4.78, 5) is 17.3. The van der Waals surface area contributed by atoms with Gasteiger partial charge in [0.05, 0.1) is 5.56 Å². The summed E-state index contributed by atoms with van der Waals surface area (Å²) < 4.78 is 38.7. The van der Waals surface area contributed by atoms with E-state index in [2.05, 4.69) is 4.98 Å². The molecule has 1 aliphatic heterocycles. The summed E-state index contributed by atoms with van der Waals surface area (Å²) in [6.45, 7) is 5.83. The summed E-state index contributed by atoms with van der Waals surface area (Å²) >= 11 is 0. The lowest BCUT2D eigenvalue weighted by Crippen LogP contribution is -2.41. The van der Waals surface area contributed by atoms with E-state index in [1.165, 1.54) is 6.92 Å². The Labute approximate surface area is 121 Å². The first kappa shape index (κ1) is 15.6. The van der Waals surface area contributed by atoms with Gasteiger partial charge < -0.3 is 10.6 Å². The molecule has 1 unspecified atom stereocenters. The second kappa shape index (κ2) is 4.89. The Morgan fingerprint density at radius 3 is 2.57 bits per heavy atom. The molecular formula is C14H18F3N3O. The largest absolute Gasteiger partial charge is 0.416 e. The number of carbonyl (C=O) groups is 1. The molecule has 0 spiro atoms. The first-order chi connectivity index (χ1) is 9.49. The summed E-state index contributed by atoms with van der Waals surface area (Å²) in [7, 11) is 0. The number of halogens is 3. The van der Waals surface area contributed by atoms with Gasteiger partial charge in [0.15, 0.2) is 0 Å². The summed E-state index contributed by atoms with van der Waals surface area (Å²) in [6, 6.07) is 1.34. The van der Waals surface area contributed by atoms with Crippen molar-refractivity contribution < 1.29 is 18.0 Å². The molecule has 0 bridgehead atoms. The zero-order valence-electron chi connectivity index (χ0n) is 12.2. The molecule has 1 saturated heterocycles. The Hall–Kier alpha value is -1.79. The van der Waals surface area contributed by atoms with Crippen LogP contribution in [0.3, 0.4) is 0 Å². The van der Waals surface area contributed by atoms with E-state index < -0.39 is 23.7 Å². The van der Waals surface area contributed by atoms with Crippen molar-refractivity contribution in [2.45, 2.75) is 39.4 Å². The van der Waals surface area contributed by atoms with Crippen LogP contribution in [0.5, 0.6) is 0 Å². The highest BCUT2D eigenvalue weighted by atomic mass is 19.4. The quantitative estimate of drug-likeness (QED) is 0.913. The molecule has 1 atom stereocenters. The molecule has 2 rings (SSSR count). The summed E-state index contributed by atoms with van der Waals surface area (Å²) in [5.74, 6) is -0.394. The van der Waals surface area contributed by atoms with E-state index in [4.69, 9.17) is 5.73 Å². The molecule has 1 aromatic heterocycles. The van der Waals surface area contributed by atoms with E-state index in [1.54, 1.807) is 4.90 Å². The minimum atomic E-state index is -4.44. The van der Waals surface area contributed by atoms with Gasteiger partial charge in [0.25, 0.3) is 0 Å². The predicted molar refractivity (Wildman–Crippen MR) is 72.7 cm³/mol. The van der Waals surface area contributed by atoms with E-state index in [1.807, 2.05) is 13.8 Å². The van der Waals surface area contributed by atoms with Gasteiger partial charge in [-0.05, 0) is 30.9 Å². The zero-order chi connectivity index (χ0) is 16.0. The molecule has 116 valence electrons. The topological polar surface area (TPSA) is 59.2 Å². The SMILES string of the molecule is Cc1cc(C(F)(F)F)cc(N2CC(C)(C)CC2C(N)=O)n1. The number of amides is 1. The van der Waals surface area contributed by atoms with Crippen molar-refractivity contribution in [2.75, 3.05) is 11.4 Å². The van der Waals surface area contributed by atoms with E-state index in [9.17, 15) is 18.0 Å². The standard InChI is InChI=1S/C14H18F3N3O/c1-8-4-9(14(15,16)17)5-11(19-8)20-7-13(2,3)6-10(20)12(18)21/h4-5,10H,6-7H2,1-3H3,(H2,18,21). The molecule has 1 amide bonds. The Kier molecular flexibility index (Phi) is 3.63. The zero-order valence-corrected chi connectivity index (χ0v) is 12.2. The highest BCUT2D eigenvalue weighted by molar-refractivity contribution is 5.84. The number of rotatable bonds is 2. The van der Waals surface area contributed by atoms with Crippen LogP contribution in [-0.4, -0.2) is 23.5 Å². The monoisotopic (exact) mass is 301 g/mol. The summed E-state index contributed by atoms with van der Waals surface area (Å²) in [5, 5.41) is 0. The highest BCUT2D eigenvalue weighted by Gasteiger charge is 2.42. The van der Waals surface area contributed by atoms with Crippen LogP contribution in [0.2, 0.25) is 0 Å². The van der Waals surface area contributed by atoms with Gasteiger partial charge in [0.2, 0.25) is 5.91 Å². The molecule has 0 saturated carbocycles. The van der Waals surface area contributed by atoms with Gasteiger partial charge in [0, 0.05) is 12.2 Å². The fourth-order valence-corrected chi connectivity index (χ4v) is 2.73. The second-order valence-corrected chi connectivity index (χ2v) is 6.27. The van der Waals surface area contributed by atoms with Crippen LogP contribution >= 0.6 is 0 Å². The number of aromatic nitrogens is 1. The average molecular weight is 301 g/mol. The number of aryl methyl sites for hydroxylation is 1. The van der Waals surface area contributed by atoms with Gasteiger partial charge in [-0.15, -0.1) is 0 Å². The number of alkyl halides is 3. The lowest BCUT2D eigenvalue weighted by atomic mass is 9.90. The molecule has 0 radical (unpaired) electrons. The minimum absolute atomic E-state index is 0.150. The summed E-state index contributed by atoms with van der Waals surface area (Å²) in [5.41, 5.74) is 4.66. The number of anilines is 1. The molecule has 2 N–H and O–H groups in total. The fraction of sp³-hybridized carbons (Fsp3) is 0.571. The fourth-order valence-electron chi connectivity index (χ4n) is 2.73. The van der Waals surface area contributed by atoms with Gasteiger partial charge in [-0.2, -0.15) is 13.2 Å². The number of pyridine rings is 1. The number of hydrogen-bond acceptors (Lipinski definition) is 3.